The van der Waals surface area contributed by atoms with E-state index in [1.807, 2.05) is 24.7 Å². The van der Waals surface area contributed by atoms with E-state index in [1.54, 1.807) is 0 Å². The molecule has 3 fully saturated rings. The monoisotopic (exact) mass is 306 g/mol. The molecular weight excluding hydrogens is 280 g/mol. The normalized spacial score (nSPS) is 30.7. The topological polar surface area (TPSA) is 89.1 Å². The van der Waals surface area contributed by atoms with Gasteiger partial charge in [-0.1, -0.05) is 5.21 Å². The number of nitrogens with zero attached hydrogens (tertiary/aromatic N) is 4. The molecule has 1 aromatic heterocycles. The molecule has 122 valence electrons. The number of hydrogen-bond donors (Lipinski definition) is 2. The van der Waals surface area contributed by atoms with E-state index in [0.717, 1.165) is 38.2 Å². The lowest BCUT2D eigenvalue weighted by Gasteiger charge is -2.49. The molecule has 4 atom stereocenters. The zero-order chi connectivity index (χ0) is 15.7. The molecule has 2 bridgehead atoms. The van der Waals surface area contributed by atoms with Crippen LogP contribution in [-0.2, 0) is 17.9 Å². The van der Waals surface area contributed by atoms with E-state index in [1.165, 1.54) is 0 Å². The van der Waals surface area contributed by atoms with Crippen molar-refractivity contribution >= 4 is 5.91 Å². The lowest BCUT2D eigenvalue weighted by molar-refractivity contribution is -0.133. The summed E-state index contributed by atoms with van der Waals surface area (Å²) >= 11 is 0. The van der Waals surface area contributed by atoms with Crippen molar-refractivity contribution in [3.8, 4) is 0 Å². The van der Waals surface area contributed by atoms with Crippen LogP contribution in [0.2, 0.25) is 0 Å². The molecule has 4 rings (SSSR count). The van der Waals surface area contributed by atoms with Crippen LogP contribution in [0.3, 0.4) is 0 Å². The highest BCUT2D eigenvalue weighted by Crippen LogP contribution is 2.36. The average molecular weight is 306 g/mol. The molecule has 3 N–H and O–H groups in total. The largest absolute Gasteiger partial charge is 0.354 e. The van der Waals surface area contributed by atoms with Crippen molar-refractivity contribution in [1.29, 1.82) is 0 Å². The van der Waals surface area contributed by atoms with Crippen LogP contribution in [-0.4, -0.2) is 51.0 Å². The molecule has 7 heteroatoms. The highest BCUT2D eigenvalue weighted by Gasteiger charge is 2.43. The first-order chi connectivity index (χ1) is 10.6. The van der Waals surface area contributed by atoms with E-state index in [-0.39, 0.29) is 17.9 Å². The molecule has 1 amide bonds. The van der Waals surface area contributed by atoms with Crippen molar-refractivity contribution < 1.29 is 4.79 Å². The Morgan fingerprint density at radius 3 is 2.95 bits per heavy atom. The van der Waals surface area contributed by atoms with Gasteiger partial charge in [0.05, 0.1) is 18.2 Å². The fourth-order valence-electron chi connectivity index (χ4n) is 3.75. The van der Waals surface area contributed by atoms with E-state index < -0.39 is 0 Å². The molecule has 4 heterocycles. The zero-order valence-electron chi connectivity index (χ0n) is 13.4. The van der Waals surface area contributed by atoms with Gasteiger partial charge in [0, 0.05) is 31.4 Å². The van der Waals surface area contributed by atoms with Gasteiger partial charge in [-0.25, -0.2) is 0 Å². The standard InChI is InChI=1S/C15H26N6O/c1-10(2)17-15(22)14-9-20-4-3-11(14)5-13(20)8-21-7-12(6-16)18-19-21/h7,10-11,13-14H,3-6,8-9,16H2,1-2H3,(H,17,22)/t11-,13+,14+/m0/s1. The molecule has 0 saturated carbocycles. The first-order valence-corrected chi connectivity index (χ1v) is 8.20. The Hall–Kier alpha value is -1.47. The molecule has 1 aromatic rings. The predicted octanol–water partition coefficient (Wildman–Crippen LogP) is -0.0282. The van der Waals surface area contributed by atoms with Gasteiger partial charge in [0.1, 0.15) is 0 Å². The Labute approximate surface area is 131 Å². The number of fused-ring (bicyclic) bond motifs is 3. The SMILES string of the molecule is CC(C)NC(=O)[C@@H]1CN2CC[C@H]1C[C@@H]2Cn1cc(CN)nn1. The molecule has 0 radical (unpaired) electrons. The maximum atomic E-state index is 12.3. The second-order valence-corrected chi connectivity index (χ2v) is 6.84. The Balaban J connectivity index is 1.61. The number of piperidine rings is 3. The number of carbonyl (C=O) groups excluding carboxylic acids is 1. The van der Waals surface area contributed by atoms with Crippen LogP contribution >= 0.6 is 0 Å². The Morgan fingerprint density at radius 2 is 2.36 bits per heavy atom. The summed E-state index contributed by atoms with van der Waals surface area (Å²) in [6.07, 6.45) is 4.11. The van der Waals surface area contributed by atoms with E-state index in [2.05, 4.69) is 20.5 Å². The second kappa shape index (κ2) is 6.34. The minimum absolute atomic E-state index is 0.141. The van der Waals surface area contributed by atoms with Gasteiger partial charge >= 0.3 is 0 Å². The quantitative estimate of drug-likeness (QED) is 0.797. The highest BCUT2D eigenvalue weighted by molar-refractivity contribution is 5.79. The van der Waals surface area contributed by atoms with Crippen molar-refractivity contribution in [2.24, 2.45) is 17.6 Å². The van der Waals surface area contributed by atoms with Crippen molar-refractivity contribution in [2.75, 3.05) is 13.1 Å². The van der Waals surface area contributed by atoms with Gasteiger partial charge in [0.25, 0.3) is 0 Å². The maximum absolute atomic E-state index is 12.3. The number of nitrogens with two attached hydrogens (primary N) is 1. The third kappa shape index (κ3) is 3.15. The van der Waals surface area contributed by atoms with Crippen molar-refractivity contribution in [1.82, 2.24) is 25.2 Å². The number of hydrogen-bond acceptors (Lipinski definition) is 5. The molecule has 0 aromatic carbocycles. The van der Waals surface area contributed by atoms with Gasteiger partial charge in [-0.3, -0.25) is 14.4 Å². The molecule has 22 heavy (non-hydrogen) atoms. The van der Waals surface area contributed by atoms with Gasteiger partial charge in [-0.2, -0.15) is 0 Å². The minimum Gasteiger partial charge on any atom is -0.354 e. The summed E-state index contributed by atoms with van der Waals surface area (Å²) in [6.45, 7) is 7.24. The maximum Gasteiger partial charge on any atom is 0.224 e. The smallest absolute Gasteiger partial charge is 0.224 e. The molecule has 3 aliphatic rings. The Morgan fingerprint density at radius 1 is 1.55 bits per heavy atom. The number of carbonyl (C=O) groups is 1. The van der Waals surface area contributed by atoms with Crippen LogP contribution < -0.4 is 11.1 Å². The van der Waals surface area contributed by atoms with Crippen LogP contribution in [0.25, 0.3) is 0 Å². The summed E-state index contributed by atoms with van der Waals surface area (Å²) in [4.78, 5) is 14.8. The van der Waals surface area contributed by atoms with Crippen molar-refractivity contribution in [3.63, 3.8) is 0 Å². The molecule has 7 nitrogen and oxygen atoms in total. The predicted molar refractivity (Wildman–Crippen MR) is 82.8 cm³/mol. The van der Waals surface area contributed by atoms with E-state index in [4.69, 9.17) is 5.73 Å². The molecular formula is C15H26N6O. The number of amides is 1. The number of rotatable bonds is 5. The third-order valence-corrected chi connectivity index (χ3v) is 4.84. The molecule has 0 aliphatic carbocycles. The summed E-state index contributed by atoms with van der Waals surface area (Å²) in [5, 5.41) is 11.2. The van der Waals surface area contributed by atoms with Gasteiger partial charge in [-0.05, 0) is 39.2 Å². The van der Waals surface area contributed by atoms with E-state index in [0.29, 0.717) is 18.5 Å². The summed E-state index contributed by atoms with van der Waals surface area (Å²) in [7, 11) is 0. The van der Waals surface area contributed by atoms with Crippen LogP contribution in [0.15, 0.2) is 6.20 Å². The molecule has 1 unspecified atom stereocenters. The summed E-state index contributed by atoms with van der Waals surface area (Å²) in [5.74, 6) is 0.850. The summed E-state index contributed by atoms with van der Waals surface area (Å²) < 4.78 is 1.89. The van der Waals surface area contributed by atoms with E-state index in [9.17, 15) is 4.79 Å². The van der Waals surface area contributed by atoms with Crippen molar-refractivity contribution in [3.05, 3.63) is 11.9 Å². The molecule has 0 spiro atoms. The number of nitrogens with one attached hydrogen (secondary N) is 1. The summed E-state index contributed by atoms with van der Waals surface area (Å²) in [5.41, 5.74) is 6.40. The van der Waals surface area contributed by atoms with Crippen LogP contribution in [0.1, 0.15) is 32.4 Å². The van der Waals surface area contributed by atoms with Gasteiger partial charge < -0.3 is 11.1 Å². The van der Waals surface area contributed by atoms with E-state index >= 15 is 0 Å². The second-order valence-electron chi connectivity index (χ2n) is 6.84. The summed E-state index contributed by atoms with van der Waals surface area (Å²) in [6, 6.07) is 0.665. The highest BCUT2D eigenvalue weighted by atomic mass is 16.2. The Bertz CT molecular complexity index is 528. The Kier molecular flexibility index (Phi) is 4.44. The minimum atomic E-state index is 0.141. The zero-order valence-corrected chi connectivity index (χ0v) is 13.4. The fraction of sp³-hybridized carbons (Fsp3) is 0.800. The number of aromatic nitrogens is 3. The lowest BCUT2D eigenvalue weighted by atomic mass is 9.75. The fourth-order valence-corrected chi connectivity index (χ4v) is 3.75. The van der Waals surface area contributed by atoms with Crippen LogP contribution in [0.5, 0.6) is 0 Å². The van der Waals surface area contributed by atoms with Crippen LogP contribution in [0.4, 0.5) is 0 Å². The first-order valence-electron chi connectivity index (χ1n) is 8.20. The first kappa shape index (κ1) is 15.4. The molecule has 3 aliphatic heterocycles. The van der Waals surface area contributed by atoms with Gasteiger partial charge in [0.2, 0.25) is 5.91 Å². The van der Waals surface area contributed by atoms with Crippen molar-refractivity contribution in [2.45, 2.75) is 51.9 Å². The third-order valence-electron chi connectivity index (χ3n) is 4.84. The van der Waals surface area contributed by atoms with Crippen LogP contribution in [0, 0.1) is 11.8 Å². The molecule has 3 saturated heterocycles. The average Bonchev–Trinajstić information content (AvgIpc) is 2.95. The lowest BCUT2D eigenvalue weighted by Crippen LogP contribution is -2.58. The van der Waals surface area contributed by atoms with Gasteiger partial charge in [0.15, 0.2) is 0 Å². The van der Waals surface area contributed by atoms with Gasteiger partial charge in [-0.15, -0.1) is 5.10 Å².